The smallest absolute Gasteiger partial charge is 0.340 e. The number of rotatable bonds is 8. The van der Waals surface area contributed by atoms with Crippen LogP contribution in [-0.4, -0.2) is 49.2 Å². The quantitative estimate of drug-likeness (QED) is 0.373. The van der Waals surface area contributed by atoms with Gasteiger partial charge in [0.2, 0.25) is 12.7 Å². The third-order valence-electron chi connectivity index (χ3n) is 7.19. The van der Waals surface area contributed by atoms with Crippen LogP contribution < -0.4 is 14.8 Å². The maximum Gasteiger partial charge on any atom is 0.340 e. The minimum Gasteiger partial charge on any atom is -0.465 e. The highest BCUT2D eigenvalue weighted by Gasteiger charge is 2.51. The van der Waals surface area contributed by atoms with Crippen molar-refractivity contribution in [2.45, 2.75) is 43.9 Å². The number of methoxy groups -OCH3 is 1. The highest BCUT2D eigenvalue weighted by molar-refractivity contribution is 6.08. The zero-order valence-corrected chi connectivity index (χ0v) is 20.5. The predicted molar refractivity (Wildman–Crippen MR) is 132 cm³/mol. The van der Waals surface area contributed by atoms with Gasteiger partial charge in [-0.25, -0.2) is 4.79 Å². The first-order valence-corrected chi connectivity index (χ1v) is 11.8. The molecule has 0 saturated heterocycles. The molecule has 35 heavy (non-hydrogen) atoms. The number of aromatic amines is 1. The normalized spacial score (nSPS) is 15.8. The number of anilines is 1. The summed E-state index contributed by atoms with van der Waals surface area (Å²) in [4.78, 5) is 29.5. The number of aliphatic hydroxyl groups is 2. The van der Waals surface area contributed by atoms with E-state index in [9.17, 15) is 9.59 Å². The molecule has 0 atom stereocenters. The molecule has 1 aliphatic heterocycles. The molecule has 5 rings (SSSR count). The zero-order valence-electron chi connectivity index (χ0n) is 20.5. The van der Waals surface area contributed by atoms with Gasteiger partial charge in [0, 0.05) is 28.6 Å². The number of carbonyl (C=O) groups excluding carboxylic acids is 2. The molecule has 8 heteroatoms. The predicted octanol–water partition coefficient (Wildman–Crippen LogP) is 4.18. The molecule has 1 amide bonds. The Morgan fingerprint density at radius 2 is 1.91 bits per heavy atom. The van der Waals surface area contributed by atoms with Crippen LogP contribution in [0.5, 0.6) is 11.5 Å². The lowest BCUT2D eigenvalue weighted by atomic mass is 9.86. The summed E-state index contributed by atoms with van der Waals surface area (Å²) < 4.78 is 20.2. The average molecular weight is 480 g/mol. The van der Waals surface area contributed by atoms with E-state index in [-0.39, 0.29) is 18.1 Å². The van der Waals surface area contributed by atoms with E-state index in [2.05, 4.69) is 28.9 Å². The molecule has 1 saturated carbocycles. The fraction of sp³-hybridized carbons (Fsp3) is 0.407. The van der Waals surface area contributed by atoms with Crippen LogP contribution in [0, 0.1) is 0 Å². The highest BCUT2D eigenvalue weighted by Crippen LogP contribution is 2.51. The van der Waals surface area contributed by atoms with E-state index in [1.807, 2.05) is 37.4 Å². The number of ether oxygens (including phenoxy) is 4. The number of carbonyl (C=O) groups is 2. The minimum atomic E-state index is -0.615. The van der Waals surface area contributed by atoms with Gasteiger partial charge in [0.05, 0.1) is 23.6 Å². The first-order valence-electron chi connectivity index (χ1n) is 11.8. The number of fused-ring (bicyclic) bond motifs is 2. The van der Waals surface area contributed by atoms with Crippen LogP contribution in [0.25, 0.3) is 10.9 Å². The number of benzene rings is 2. The lowest BCUT2D eigenvalue weighted by Gasteiger charge is -2.21. The van der Waals surface area contributed by atoms with Crippen molar-refractivity contribution >= 4 is 28.5 Å². The first kappa shape index (κ1) is 23.2. The van der Waals surface area contributed by atoms with Gasteiger partial charge in [-0.3, -0.25) is 4.79 Å². The Hall–Kier alpha value is -3.52. The Morgan fingerprint density at radius 1 is 1.14 bits per heavy atom. The number of hydrogen-bond donors (Lipinski definition) is 2. The van der Waals surface area contributed by atoms with Gasteiger partial charge in [-0.05, 0) is 48.7 Å². The number of H-pyrrole nitrogens is 1. The van der Waals surface area contributed by atoms with Crippen molar-refractivity contribution in [1.82, 2.24) is 4.98 Å². The monoisotopic (exact) mass is 479 g/mol. The minimum absolute atomic E-state index is 0.104. The number of aromatic nitrogens is 1. The molecule has 0 spiro atoms. The summed E-state index contributed by atoms with van der Waals surface area (Å²) in [7, 11) is 3.16. The molecule has 0 bridgehead atoms. The molecule has 3 N–H and O–H groups in total. The fourth-order valence-corrected chi connectivity index (χ4v) is 4.69. The SMILES string of the molecule is COC(=O)c1cc(NC(=O)C2(c3ccc4c(c3)OCO4)CC2)cc2cc(C(C)(C)CC[OH+]C)[nH]c12. The Bertz CT molecular complexity index is 1300. The van der Waals surface area contributed by atoms with Crippen molar-refractivity contribution in [2.24, 2.45) is 0 Å². The van der Waals surface area contributed by atoms with Crippen LogP contribution in [0.15, 0.2) is 36.4 Å². The summed E-state index contributed by atoms with van der Waals surface area (Å²) >= 11 is 0. The van der Waals surface area contributed by atoms with Crippen molar-refractivity contribution in [3.8, 4) is 11.5 Å². The van der Waals surface area contributed by atoms with Gasteiger partial charge >= 0.3 is 5.97 Å². The van der Waals surface area contributed by atoms with Crippen molar-refractivity contribution in [2.75, 3.05) is 32.9 Å². The summed E-state index contributed by atoms with van der Waals surface area (Å²) in [6.07, 6.45) is 2.36. The molecule has 1 aromatic heterocycles. The van der Waals surface area contributed by atoms with Gasteiger partial charge in [-0.1, -0.05) is 19.9 Å². The molecule has 0 radical (unpaired) electrons. The Morgan fingerprint density at radius 3 is 2.63 bits per heavy atom. The van der Waals surface area contributed by atoms with Crippen LogP contribution in [0.3, 0.4) is 0 Å². The van der Waals surface area contributed by atoms with Crippen molar-refractivity contribution in [3.63, 3.8) is 0 Å². The molecule has 1 fully saturated rings. The van der Waals surface area contributed by atoms with E-state index in [1.165, 1.54) is 7.11 Å². The van der Waals surface area contributed by atoms with Gasteiger partial charge < -0.3 is 29.2 Å². The van der Waals surface area contributed by atoms with Crippen LogP contribution in [0.4, 0.5) is 5.69 Å². The lowest BCUT2D eigenvalue weighted by molar-refractivity contribution is -0.118. The van der Waals surface area contributed by atoms with Crippen molar-refractivity contribution in [1.29, 1.82) is 0 Å². The first-order chi connectivity index (χ1) is 16.8. The molecular weight excluding hydrogens is 448 g/mol. The van der Waals surface area contributed by atoms with Crippen LogP contribution in [0.2, 0.25) is 0 Å². The van der Waals surface area contributed by atoms with E-state index in [0.717, 1.165) is 42.5 Å². The van der Waals surface area contributed by atoms with Crippen LogP contribution >= 0.6 is 0 Å². The van der Waals surface area contributed by atoms with E-state index >= 15 is 0 Å². The largest absolute Gasteiger partial charge is 0.465 e. The molecule has 8 nitrogen and oxygen atoms in total. The second-order valence-corrected chi connectivity index (χ2v) is 9.94. The molecule has 184 valence electrons. The van der Waals surface area contributed by atoms with Gasteiger partial charge in [0.25, 0.3) is 0 Å². The maximum atomic E-state index is 13.4. The number of hydrogen-bond acceptors (Lipinski definition) is 5. The Balaban J connectivity index is 1.47. The fourth-order valence-electron chi connectivity index (χ4n) is 4.69. The van der Waals surface area contributed by atoms with Gasteiger partial charge in [0.1, 0.15) is 13.7 Å². The lowest BCUT2D eigenvalue weighted by Crippen LogP contribution is -2.27. The molecule has 2 aromatic carbocycles. The second-order valence-electron chi connectivity index (χ2n) is 9.94. The van der Waals surface area contributed by atoms with Crippen LogP contribution in [-0.2, 0) is 20.4 Å². The molecule has 3 aromatic rings. The summed E-state index contributed by atoms with van der Waals surface area (Å²) in [6.45, 7) is 5.23. The van der Waals surface area contributed by atoms with Crippen molar-refractivity contribution < 1.29 is 28.5 Å². The number of amides is 1. The van der Waals surface area contributed by atoms with Crippen LogP contribution in [0.1, 0.15) is 54.7 Å². The Labute approximate surface area is 203 Å². The van der Waals surface area contributed by atoms with E-state index in [0.29, 0.717) is 28.3 Å². The summed E-state index contributed by atoms with van der Waals surface area (Å²) in [5.74, 6) is 0.788. The highest BCUT2D eigenvalue weighted by atomic mass is 16.7. The summed E-state index contributed by atoms with van der Waals surface area (Å²) in [5, 5.41) is 3.90. The average Bonchev–Trinajstić information content (AvgIpc) is 3.32. The number of nitrogens with one attached hydrogen (secondary N) is 2. The third kappa shape index (κ3) is 4.12. The van der Waals surface area contributed by atoms with Gasteiger partial charge in [-0.2, -0.15) is 0 Å². The molecule has 0 unspecified atom stereocenters. The summed E-state index contributed by atoms with van der Waals surface area (Å²) in [6, 6.07) is 11.3. The summed E-state index contributed by atoms with van der Waals surface area (Å²) in [5.41, 5.74) is 2.77. The van der Waals surface area contributed by atoms with E-state index in [4.69, 9.17) is 14.2 Å². The van der Waals surface area contributed by atoms with Gasteiger partial charge in [-0.15, -0.1) is 0 Å². The molecule has 1 aliphatic carbocycles. The second kappa shape index (κ2) is 8.61. The van der Waals surface area contributed by atoms with Gasteiger partial charge in [0.15, 0.2) is 11.5 Å². The zero-order chi connectivity index (χ0) is 24.8. The maximum absolute atomic E-state index is 13.4. The third-order valence-corrected chi connectivity index (χ3v) is 7.19. The Kier molecular flexibility index (Phi) is 5.71. The number of esters is 1. The standard InChI is InChI=1S/C27H30N2O6/c1-26(2,9-10-32-3)22-12-16-11-18(14-19(23(16)29-22)24(30)33-4)28-25(31)27(7-8-27)17-5-6-20-21(13-17)35-15-34-20/h5-6,11-14,29H,7-10,15H2,1-4H3,(H,28,31)/p+1. The van der Waals surface area contributed by atoms with Crippen molar-refractivity contribution in [3.05, 3.63) is 53.2 Å². The van der Waals surface area contributed by atoms with E-state index < -0.39 is 11.4 Å². The molecule has 2 aliphatic rings. The topological polar surface area (TPSA) is 102 Å². The molecular formula is C27H31N2O6+. The van der Waals surface area contributed by atoms with E-state index in [1.54, 1.807) is 6.07 Å². The molecule has 2 heterocycles.